The highest BCUT2D eigenvalue weighted by Gasteiger charge is 2.62. The van der Waals surface area contributed by atoms with Gasteiger partial charge >= 0.3 is 0 Å². The molecule has 5 atom stereocenters. The molecule has 0 spiro atoms. The van der Waals surface area contributed by atoms with Gasteiger partial charge in [-0.2, -0.15) is 4.98 Å². The van der Waals surface area contributed by atoms with Crippen molar-refractivity contribution in [3.8, 4) is 6.01 Å². The van der Waals surface area contributed by atoms with Gasteiger partial charge < -0.3 is 9.64 Å². The van der Waals surface area contributed by atoms with Crippen molar-refractivity contribution in [2.45, 2.75) is 121 Å². The van der Waals surface area contributed by atoms with Crippen molar-refractivity contribution in [2.75, 3.05) is 6.54 Å². The van der Waals surface area contributed by atoms with E-state index in [0.717, 1.165) is 42.3 Å². The summed E-state index contributed by atoms with van der Waals surface area (Å²) in [5.41, 5.74) is 1.85. The number of hydrogen-bond acceptors (Lipinski definition) is 7. The van der Waals surface area contributed by atoms with Crippen LogP contribution < -0.4 is 9.46 Å². The molecule has 2 aliphatic heterocycles. The van der Waals surface area contributed by atoms with Crippen LogP contribution in [0.25, 0.3) is 11.0 Å². The van der Waals surface area contributed by atoms with Crippen LogP contribution in [0.2, 0.25) is 0 Å². The van der Waals surface area contributed by atoms with Gasteiger partial charge in [-0.25, -0.2) is 12.8 Å². The third-order valence-electron chi connectivity index (χ3n) is 12.0. The Morgan fingerprint density at radius 1 is 1.11 bits per heavy atom. The van der Waals surface area contributed by atoms with Crippen molar-refractivity contribution < 1.29 is 31.9 Å². The standard InChI is InChI=1S/C41H51FN4O6S/c1-26(2)46-34-15-11-10-14-33(34)43-39(46)52-31-22-35-36(47)24-41(38(49)44-53(50,51)40(4)18-19-40)23-30(41)13-9-7-5-6-8-12-29(37(48)45(35)25-31)21-28-16-17-32(42)27(3)20-28/h9-11,13-17,20,26,29-31,35H,5-8,12,18-19,21-25H2,1-4H3,(H,44,49)/b13-9-/t29-,30-,31-,35+,41-/m1/s1. The predicted molar refractivity (Wildman–Crippen MR) is 200 cm³/mol. The third kappa shape index (κ3) is 7.40. The number of nitrogens with zero attached hydrogens (tertiary/aromatic N) is 3. The van der Waals surface area contributed by atoms with Crippen molar-refractivity contribution in [3.05, 3.63) is 71.6 Å². The highest BCUT2D eigenvalue weighted by molar-refractivity contribution is 7.91. The van der Waals surface area contributed by atoms with Crippen molar-refractivity contribution in [2.24, 2.45) is 17.3 Å². The molecule has 3 fully saturated rings. The topological polar surface area (TPSA) is 128 Å². The Kier molecular flexibility index (Phi) is 10.1. The van der Waals surface area contributed by atoms with E-state index in [1.165, 1.54) is 6.07 Å². The first-order valence-corrected chi connectivity index (χ1v) is 20.6. The van der Waals surface area contributed by atoms with Crippen LogP contribution >= 0.6 is 0 Å². The molecule has 1 N–H and O–H groups in total. The summed E-state index contributed by atoms with van der Waals surface area (Å²) in [6.45, 7) is 7.59. The summed E-state index contributed by atoms with van der Waals surface area (Å²) in [4.78, 5) is 49.7. The molecule has 2 saturated carbocycles. The number of imidazole rings is 1. The van der Waals surface area contributed by atoms with Crippen molar-refractivity contribution in [1.82, 2.24) is 19.2 Å². The molecule has 2 amide bonds. The molecule has 2 aliphatic carbocycles. The molecule has 0 bridgehead atoms. The highest BCUT2D eigenvalue weighted by atomic mass is 32.2. The molecular formula is C41H51FN4O6S. The first-order valence-electron chi connectivity index (χ1n) is 19.2. The summed E-state index contributed by atoms with van der Waals surface area (Å²) >= 11 is 0. The number of carbonyl (C=O) groups excluding carboxylic acids is 3. The fourth-order valence-electron chi connectivity index (χ4n) is 8.29. The van der Waals surface area contributed by atoms with E-state index in [2.05, 4.69) is 4.72 Å². The van der Waals surface area contributed by atoms with Crippen molar-refractivity contribution in [1.29, 1.82) is 0 Å². The average Bonchev–Trinajstić information content (AvgIpc) is 3.93. The van der Waals surface area contributed by atoms with Gasteiger partial charge in [0.2, 0.25) is 21.8 Å². The van der Waals surface area contributed by atoms with E-state index in [4.69, 9.17) is 9.72 Å². The molecule has 12 heteroatoms. The van der Waals surface area contributed by atoms with E-state index in [1.54, 1.807) is 30.9 Å². The van der Waals surface area contributed by atoms with Crippen molar-refractivity contribution in [3.63, 3.8) is 0 Å². The number of hydrogen-bond donors (Lipinski definition) is 1. The number of benzene rings is 2. The number of ether oxygens (including phenoxy) is 1. The average molecular weight is 747 g/mol. The summed E-state index contributed by atoms with van der Waals surface area (Å²) in [6.07, 6.45) is 9.18. The minimum atomic E-state index is -3.92. The van der Waals surface area contributed by atoms with Crippen LogP contribution in [-0.4, -0.2) is 63.9 Å². The van der Waals surface area contributed by atoms with Crippen molar-refractivity contribution >= 4 is 38.7 Å². The minimum Gasteiger partial charge on any atom is -0.459 e. The van der Waals surface area contributed by atoms with Gasteiger partial charge in [0.1, 0.15) is 11.9 Å². The van der Waals surface area contributed by atoms with Gasteiger partial charge in [-0.1, -0.05) is 49.3 Å². The lowest BCUT2D eigenvalue weighted by Gasteiger charge is -2.29. The molecule has 0 unspecified atom stereocenters. The third-order valence-corrected chi connectivity index (χ3v) is 14.2. The van der Waals surface area contributed by atoms with Crippen LogP contribution in [-0.2, 0) is 30.8 Å². The maximum atomic E-state index is 14.7. The Balaban J connectivity index is 1.21. The Bertz CT molecular complexity index is 2060. The fraction of sp³-hybridized carbons (Fsp3) is 0.561. The zero-order chi connectivity index (χ0) is 37.7. The fourth-order valence-corrected chi connectivity index (χ4v) is 9.63. The van der Waals surface area contributed by atoms with Gasteiger partial charge in [-0.05, 0) is 108 Å². The number of amides is 2. The monoisotopic (exact) mass is 746 g/mol. The summed E-state index contributed by atoms with van der Waals surface area (Å²) in [5, 5.41) is 0. The molecule has 4 aliphatic rings. The minimum absolute atomic E-state index is 0.0310. The van der Waals surface area contributed by atoms with Crippen LogP contribution in [0.5, 0.6) is 6.01 Å². The molecule has 284 valence electrons. The number of fused-ring (bicyclic) bond motifs is 3. The molecule has 1 aromatic heterocycles. The number of ketones is 1. The van der Waals surface area contributed by atoms with E-state index in [9.17, 15) is 27.2 Å². The Labute approximate surface area is 311 Å². The van der Waals surface area contributed by atoms with Gasteiger partial charge in [0.25, 0.3) is 6.01 Å². The number of rotatable bonds is 8. The predicted octanol–water partition coefficient (Wildman–Crippen LogP) is 6.76. The summed E-state index contributed by atoms with van der Waals surface area (Å²) < 4.78 is 50.6. The number of para-hydroxylation sites is 2. The summed E-state index contributed by atoms with van der Waals surface area (Å²) in [7, 11) is -3.92. The van der Waals surface area contributed by atoms with Crippen LogP contribution in [0, 0.1) is 30.0 Å². The second-order valence-electron chi connectivity index (χ2n) is 16.4. The molecule has 10 nitrogen and oxygen atoms in total. The van der Waals surface area contributed by atoms with E-state index in [1.807, 2.05) is 54.8 Å². The highest BCUT2D eigenvalue weighted by Crippen LogP contribution is 2.57. The van der Waals surface area contributed by atoms with E-state index in [-0.39, 0.29) is 48.9 Å². The molecule has 1 saturated heterocycles. The lowest BCUT2D eigenvalue weighted by atomic mass is 9.89. The molecule has 3 heterocycles. The molecule has 53 heavy (non-hydrogen) atoms. The number of allylic oxidation sites excluding steroid dienone is 2. The number of sulfonamides is 1. The molecule has 3 aromatic rings. The van der Waals surface area contributed by atoms with Gasteiger partial charge in [0.05, 0.1) is 33.8 Å². The molecule has 7 rings (SSSR count). The lowest BCUT2D eigenvalue weighted by Crippen LogP contribution is -2.47. The number of carbonyl (C=O) groups is 3. The van der Waals surface area contributed by atoms with Gasteiger partial charge in [-0.3, -0.25) is 23.7 Å². The van der Waals surface area contributed by atoms with Crippen LogP contribution in [0.4, 0.5) is 4.39 Å². The summed E-state index contributed by atoms with van der Waals surface area (Å²) in [5.74, 6) is -2.13. The molecule has 2 aromatic carbocycles. The van der Waals surface area contributed by atoms with Gasteiger partial charge in [0, 0.05) is 24.8 Å². The number of Topliss-reactive ketones (excluding diaryl/α,β-unsaturated/α-hetero) is 1. The zero-order valence-electron chi connectivity index (χ0n) is 31.1. The van der Waals surface area contributed by atoms with E-state index in [0.29, 0.717) is 43.7 Å². The lowest BCUT2D eigenvalue weighted by molar-refractivity contribution is -0.142. The maximum Gasteiger partial charge on any atom is 0.297 e. The second kappa shape index (κ2) is 14.3. The summed E-state index contributed by atoms with van der Waals surface area (Å²) in [6, 6.07) is 12.3. The number of aromatic nitrogens is 2. The number of nitrogens with one attached hydrogen (secondary N) is 1. The number of halogens is 1. The Morgan fingerprint density at radius 2 is 1.89 bits per heavy atom. The Morgan fingerprint density at radius 3 is 2.62 bits per heavy atom. The maximum absolute atomic E-state index is 14.7. The SMILES string of the molecule is Cc1cc(C[C@H]2CCCCC/C=C\[C@@H]3C[C@@]3(C(=O)NS(=O)(=O)C3(C)CC3)CC(=O)[C@@H]3C[C@@H](Oc4nc5ccccc5n4C(C)C)CN3C2=O)ccc1F. The van der Waals surface area contributed by atoms with Gasteiger partial charge in [-0.15, -0.1) is 0 Å². The van der Waals surface area contributed by atoms with Crippen LogP contribution in [0.3, 0.4) is 0 Å². The first kappa shape index (κ1) is 37.3. The van der Waals surface area contributed by atoms with Gasteiger partial charge in [0.15, 0.2) is 5.78 Å². The largest absolute Gasteiger partial charge is 0.459 e. The molecule has 0 radical (unpaired) electrons. The van der Waals surface area contributed by atoms with Crippen LogP contribution in [0.15, 0.2) is 54.6 Å². The van der Waals surface area contributed by atoms with Crippen LogP contribution in [0.1, 0.15) is 102 Å². The van der Waals surface area contributed by atoms with E-state index >= 15 is 0 Å². The second-order valence-corrected chi connectivity index (χ2v) is 18.6. The number of aryl methyl sites for hydroxylation is 1. The quantitative estimate of drug-likeness (QED) is 0.253. The van der Waals surface area contributed by atoms with E-state index < -0.39 is 44.2 Å². The molecular weight excluding hydrogens is 696 g/mol. The Hall–Kier alpha value is -4.06. The zero-order valence-corrected chi connectivity index (χ0v) is 32.0. The normalized spacial score (nSPS) is 28.2. The smallest absolute Gasteiger partial charge is 0.297 e. The first-order chi connectivity index (χ1) is 25.2.